The van der Waals surface area contributed by atoms with Crippen molar-refractivity contribution in [1.82, 2.24) is 9.88 Å². The third-order valence-electron chi connectivity index (χ3n) is 4.09. The molecule has 0 amide bonds. The molecule has 22 heavy (non-hydrogen) atoms. The smallest absolute Gasteiger partial charge is 0.0602 e. The van der Waals surface area contributed by atoms with Crippen LogP contribution in [0.2, 0.25) is 0 Å². The molecule has 2 heterocycles. The minimum atomic E-state index is 0. The second kappa shape index (κ2) is 8.76. The van der Waals surface area contributed by atoms with Crippen LogP contribution in [0.15, 0.2) is 54.7 Å². The molecular weight excluding hydrogens is 294 g/mol. The third-order valence-corrected chi connectivity index (χ3v) is 4.09. The molecule has 2 aromatic rings. The summed E-state index contributed by atoms with van der Waals surface area (Å²) in [7, 11) is 0. The molecule has 0 N–H and O–H groups in total. The van der Waals surface area contributed by atoms with Crippen molar-refractivity contribution in [2.75, 3.05) is 31.1 Å². The second-order valence-electron chi connectivity index (χ2n) is 5.63. The number of likely N-dealkylation sites (tertiary alicyclic amines) is 1. The average Bonchev–Trinajstić information content (AvgIpc) is 3.07. The number of para-hydroxylation sites is 1. The van der Waals surface area contributed by atoms with E-state index in [-0.39, 0.29) is 12.4 Å². The summed E-state index contributed by atoms with van der Waals surface area (Å²) < 4.78 is 0. The molecule has 1 aliphatic heterocycles. The fourth-order valence-electron chi connectivity index (χ4n) is 2.89. The van der Waals surface area contributed by atoms with Gasteiger partial charge in [-0.3, -0.25) is 4.98 Å². The Kier molecular flexibility index (Phi) is 6.69. The number of halogens is 1. The van der Waals surface area contributed by atoms with E-state index in [0.717, 1.165) is 25.3 Å². The topological polar surface area (TPSA) is 19.4 Å². The molecule has 0 radical (unpaired) electrons. The maximum absolute atomic E-state index is 4.47. The Morgan fingerprint density at radius 3 is 2.36 bits per heavy atom. The van der Waals surface area contributed by atoms with Crippen LogP contribution in [0.3, 0.4) is 0 Å². The van der Waals surface area contributed by atoms with E-state index in [1.54, 1.807) is 0 Å². The van der Waals surface area contributed by atoms with Gasteiger partial charge in [0.2, 0.25) is 0 Å². The molecule has 3 nitrogen and oxygen atoms in total. The Morgan fingerprint density at radius 2 is 1.68 bits per heavy atom. The fourth-order valence-corrected chi connectivity index (χ4v) is 2.89. The zero-order chi connectivity index (χ0) is 14.3. The van der Waals surface area contributed by atoms with Crippen LogP contribution in [0.1, 0.15) is 18.5 Å². The van der Waals surface area contributed by atoms with E-state index < -0.39 is 0 Å². The Balaban J connectivity index is 0.00000176. The first-order chi connectivity index (χ1) is 10.4. The predicted octanol–water partition coefficient (Wildman–Crippen LogP) is 3.61. The first-order valence-electron chi connectivity index (χ1n) is 7.84. The maximum atomic E-state index is 4.47. The lowest BCUT2D eigenvalue weighted by atomic mass is 10.2. The van der Waals surface area contributed by atoms with E-state index in [2.05, 4.69) is 57.2 Å². The van der Waals surface area contributed by atoms with E-state index in [1.807, 2.05) is 12.3 Å². The maximum Gasteiger partial charge on any atom is 0.0602 e. The van der Waals surface area contributed by atoms with E-state index in [0.29, 0.717) is 0 Å². The molecule has 4 heteroatoms. The molecular formula is C18H24ClN3. The third kappa shape index (κ3) is 4.72. The molecule has 0 atom stereocenters. The zero-order valence-electron chi connectivity index (χ0n) is 12.9. The number of anilines is 1. The van der Waals surface area contributed by atoms with Gasteiger partial charge >= 0.3 is 0 Å². The molecule has 1 aliphatic rings. The molecule has 118 valence electrons. The van der Waals surface area contributed by atoms with Gasteiger partial charge in [-0.05, 0) is 50.2 Å². The molecule has 0 unspecified atom stereocenters. The molecule has 1 aromatic carbocycles. The zero-order valence-corrected chi connectivity index (χ0v) is 13.7. The number of nitrogens with zero attached hydrogens (tertiary/aromatic N) is 3. The Hall–Kier alpha value is -1.58. The lowest BCUT2D eigenvalue weighted by Gasteiger charge is -2.27. The van der Waals surface area contributed by atoms with Gasteiger partial charge in [0, 0.05) is 25.0 Å². The highest BCUT2D eigenvalue weighted by Crippen LogP contribution is 2.16. The molecule has 3 rings (SSSR count). The van der Waals surface area contributed by atoms with Crippen LogP contribution in [-0.4, -0.2) is 36.1 Å². The normalized spacial score (nSPS) is 14.5. The largest absolute Gasteiger partial charge is 0.364 e. The van der Waals surface area contributed by atoms with Gasteiger partial charge in [-0.25, -0.2) is 0 Å². The number of benzene rings is 1. The summed E-state index contributed by atoms with van der Waals surface area (Å²) in [5.41, 5.74) is 2.41. The molecule has 0 bridgehead atoms. The van der Waals surface area contributed by atoms with Crippen molar-refractivity contribution in [3.05, 3.63) is 60.4 Å². The SMILES string of the molecule is Cl.c1ccc(N(CCN2CCCC2)Cc2ccccn2)cc1. The van der Waals surface area contributed by atoms with Crippen LogP contribution in [0.5, 0.6) is 0 Å². The Labute approximate surface area is 139 Å². The summed E-state index contributed by atoms with van der Waals surface area (Å²) in [5, 5.41) is 0. The van der Waals surface area contributed by atoms with Crippen LogP contribution in [0, 0.1) is 0 Å². The van der Waals surface area contributed by atoms with Crippen LogP contribution >= 0.6 is 12.4 Å². The standard InChI is InChI=1S/C18H23N3.ClH/c1-2-9-18(10-3-1)21(15-14-20-12-6-7-13-20)16-17-8-4-5-11-19-17;/h1-5,8-11H,6-7,12-16H2;1H. The summed E-state index contributed by atoms with van der Waals surface area (Å²) in [5.74, 6) is 0. The minimum Gasteiger partial charge on any atom is -0.364 e. The van der Waals surface area contributed by atoms with Crippen molar-refractivity contribution in [3.63, 3.8) is 0 Å². The monoisotopic (exact) mass is 317 g/mol. The van der Waals surface area contributed by atoms with Crippen LogP contribution in [0.4, 0.5) is 5.69 Å². The van der Waals surface area contributed by atoms with Gasteiger partial charge in [0.05, 0.1) is 12.2 Å². The summed E-state index contributed by atoms with van der Waals surface area (Å²) in [6.07, 6.45) is 4.58. The highest BCUT2D eigenvalue weighted by molar-refractivity contribution is 5.85. The van der Waals surface area contributed by atoms with E-state index in [4.69, 9.17) is 0 Å². The summed E-state index contributed by atoms with van der Waals surface area (Å²) in [6, 6.07) is 16.8. The molecule has 0 saturated carbocycles. The van der Waals surface area contributed by atoms with Crippen molar-refractivity contribution in [2.24, 2.45) is 0 Å². The molecule has 0 spiro atoms. The summed E-state index contributed by atoms with van der Waals surface area (Å²) in [4.78, 5) is 9.46. The van der Waals surface area contributed by atoms with Crippen LogP contribution < -0.4 is 4.90 Å². The van der Waals surface area contributed by atoms with Crippen molar-refractivity contribution in [3.8, 4) is 0 Å². The van der Waals surface area contributed by atoms with Crippen molar-refractivity contribution in [1.29, 1.82) is 0 Å². The number of pyridine rings is 1. The minimum absolute atomic E-state index is 0. The van der Waals surface area contributed by atoms with Gasteiger partial charge in [-0.1, -0.05) is 24.3 Å². The van der Waals surface area contributed by atoms with Gasteiger partial charge < -0.3 is 9.80 Å². The molecule has 1 aromatic heterocycles. The Morgan fingerprint density at radius 1 is 0.955 bits per heavy atom. The van der Waals surface area contributed by atoms with Crippen molar-refractivity contribution < 1.29 is 0 Å². The molecule has 1 saturated heterocycles. The van der Waals surface area contributed by atoms with Crippen molar-refractivity contribution >= 4 is 18.1 Å². The Bertz CT molecular complexity index is 527. The predicted molar refractivity (Wildman–Crippen MR) is 94.7 cm³/mol. The fraction of sp³-hybridized carbons (Fsp3) is 0.389. The first-order valence-corrected chi connectivity index (χ1v) is 7.84. The second-order valence-corrected chi connectivity index (χ2v) is 5.63. The molecule has 0 aliphatic carbocycles. The lowest BCUT2D eigenvalue weighted by Crippen LogP contribution is -2.33. The van der Waals surface area contributed by atoms with Gasteiger partial charge in [0.15, 0.2) is 0 Å². The highest BCUT2D eigenvalue weighted by Gasteiger charge is 2.14. The van der Waals surface area contributed by atoms with E-state index in [1.165, 1.54) is 31.6 Å². The highest BCUT2D eigenvalue weighted by atomic mass is 35.5. The first kappa shape index (κ1) is 16.8. The van der Waals surface area contributed by atoms with E-state index in [9.17, 15) is 0 Å². The number of hydrogen-bond acceptors (Lipinski definition) is 3. The number of rotatable bonds is 6. The van der Waals surface area contributed by atoms with Gasteiger partial charge in [0.1, 0.15) is 0 Å². The van der Waals surface area contributed by atoms with Crippen LogP contribution in [0.25, 0.3) is 0 Å². The quantitative estimate of drug-likeness (QED) is 0.811. The summed E-state index contributed by atoms with van der Waals surface area (Å²) in [6.45, 7) is 5.58. The average molecular weight is 318 g/mol. The van der Waals surface area contributed by atoms with Crippen molar-refractivity contribution in [2.45, 2.75) is 19.4 Å². The lowest BCUT2D eigenvalue weighted by molar-refractivity contribution is 0.344. The van der Waals surface area contributed by atoms with E-state index >= 15 is 0 Å². The summed E-state index contributed by atoms with van der Waals surface area (Å²) >= 11 is 0. The number of hydrogen-bond donors (Lipinski definition) is 0. The van der Waals surface area contributed by atoms with Gasteiger partial charge in [-0.15, -0.1) is 12.4 Å². The van der Waals surface area contributed by atoms with Gasteiger partial charge in [-0.2, -0.15) is 0 Å². The van der Waals surface area contributed by atoms with Gasteiger partial charge in [0.25, 0.3) is 0 Å². The van der Waals surface area contributed by atoms with Crippen LogP contribution in [-0.2, 0) is 6.54 Å². The molecule has 1 fully saturated rings. The number of aromatic nitrogens is 1.